The molecule has 2 N–H and O–H groups in total. The van der Waals surface area contributed by atoms with Crippen LogP contribution < -0.4 is 0 Å². The lowest BCUT2D eigenvalue weighted by Gasteiger charge is -2.32. The normalized spacial score (nSPS) is 17.6. The smallest absolute Gasteiger partial charge is 0.115 e. The molecule has 0 radical (unpaired) electrons. The predicted molar refractivity (Wildman–Crippen MR) is 91.9 cm³/mol. The summed E-state index contributed by atoms with van der Waals surface area (Å²) in [6.45, 7) is 2.37. The van der Waals surface area contributed by atoms with Crippen molar-refractivity contribution in [1.29, 1.82) is 0 Å². The van der Waals surface area contributed by atoms with Gasteiger partial charge < -0.3 is 10.1 Å². The van der Waals surface area contributed by atoms with Crippen LogP contribution >= 0.6 is 11.6 Å². The molecule has 4 rings (SSSR count). The summed E-state index contributed by atoms with van der Waals surface area (Å²) in [5, 5.41) is 10.4. The standard InChI is InChI=1S/C18H17ClN4O/c19-13-4-5-14(20-7-13)8-23-9-16(12-2-1-3-15(24)6-12)18-17(10-23)21-11-22-18/h1-7,11,16,24H,8-10H2,(H,21,22). The Hall–Kier alpha value is -2.37. The number of rotatable bonds is 3. The summed E-state index contributed by atoms with van der Waals surface area (Å²) in [5.41, 5.74) is 4.22. The van der Waals surface area contributed by atoms with Crippen molar-refractivity contribution in [1.82, 2.24) is 19.9 Å². The van der Waals surface area contributed by atoms with Gasteiger partial charge in [0.05, 0.1) is 28.4 Å². The van der Waals surface area contributed by atoms with Crippen molar-refractivity contribution >= 4 is 11.6 Å². The lowest BCUT2D eigenvalue weighted by molar-refractivity contribution is 0.225. The second-order valence-corrected chi connectivity index (χ2v) is 6.49. The number of pyridine rings is 1. The van der Waals surface area contributed by atoms with Gasteiger partial charge in [-0.1, -0.05) is 23.7 Å². The molecule has 6 heteroatoms. The van der Waals surface area contributed by atoms with Crippen molar-refractivity contribution in [3.63, 3.8) is 0 Å². The molecule has 1 unspecified atom stereocenters. The van der Waals surface area contributed by atoms with E-state index in [1.165, 1.54) is 0 Å². The van der Waals surface area contributed by atoms with Gasteiger partial charge in [-0.25, -0.2) is 4.98 Å². The Morgan fingerprint density at radius 2 is 2.17 bits per heavy atom. The highest BCUT2D eigenvalue weighted by Crippen LogP contribution is 2.33. The molecule has 0 spiro atoms. The molecule has 0 amide bonds. The van der Waals surface area contributed by atoms with Gasteiger partial charge in [0, 0.05) is 31.7 Å². The van der Waals surface area contributed by atoms with Crippen molar-refractivity contribution < 1.29 is 5.11 Å². The molecule has 0 bridgehead atoms. The van der Waals surface area contributed by atoms with Crippen LogP contribution in [0, 0.1) is 0 Å². The highest BCUT2D eigenvalue weighted by atomic mass is 35.5. The summed E-state index contributed by atoms with van der Waals surface area (Å²) >= 11 is 5.91. The number of benzene rings is 1. The number of nitrogens with zero attached hydrogens (tertiary/aromatic N) is 3. The number of phenolic OH excluding ortho intramolecular Hbond substituents is 1. The average Bonchev–Trinajstić information content (AvgIpc) is 3.05. The van der Waals surface area contributed by atoms with Gasteiger partial charge in [0.15, 0.2) is 0 Å². The number of hydrogen-bond donors (Lipinski definition) is 2. The number of H-pyrrole nitrogens is 1. The number of fused-ring (bicyclic) bond motifs is 1. The molecule has 24 heavy (non-hydrogen) atoms. The van der Waals surface area contributed by atoms with Crippen LogP contribution in [0.5, 0.6) is 5.75 Å². The second kappa shape index (κ2) is 6.26. The Morgan fingerprint density at radius 3 is 2.96 bits per heavy atom. The maximum atomic E-state index is 9.81. The van der Waals surface area contributed by atoms with Crippen molar-refractivity contribution in [2.75, 3.05) is 6.54 Å². The van der Waals surface area contributed by atoms with Gasteiger partial charge in [-0.15, -0.1) is 0 Å². The largest absolute Gasteiger partial charge is 0.508 e. The van der Waals surface area contributed by atoms with E-state index in [4.69, 9.17) is 11.6 Å². The Kier molecular flexibility index (Phi) is 3.96. The highest BCUT2D eigenvalue weighted by molar-refractivity contribution is 6.30. The summed E-state index contributed by atoms with van der Waals surface area (Å²) < 4.78 is 0. The fourth-order valence-electron chi connectivity index (χ4n) is 3.25. The molecule has 2 aromatic heterocycles. The Balaban J connectivity index is 1.62. The zero-order chi connectivity index (χ0) is 16.5. The Labute approximate surface area is 145 Å². The van der Waals surface area contributed by atoms with Crippen LogP contribution in [-0.4, -0.2) is 31.5 Å². The van der Waals surface area contributed by atoms with E-state index in [0.717, 1.165) is 42.3 Å². The van der Waals surface area contributed by atoms with Gasteiger partial charge >= 0.3 is 0 Å². The fraction of sp³-hybridized carbons (Fsp3) is 0.222. The van der Waals surface area contributed by atoms with Gasteiger partial charge in [-0.3, -0.25) is 9.88 Å². The van der Waals surface area contributed by atoms with E-state index in [0.29, 0.717) is 5.02 Å². The molecular weight excluding hydrogens is 324 g/mol. The molecule has 1 atom stereocenters. The lowest BCUT2D eigenvalue weighted by Crippen LogP contribution is -2.34. The first-order chi connectivity index (χ1) is 11.7. The summed E-state index contributed by atoms with van der Waals surface area (Å²) in [5.74, 6) is 0.403. The van der Waals surface area contributed by atoms with E-state index in [1.807, 2.05) is 30.3 Å². The van der Waals surface area contributed by atoms with Crippen molar-refractivity contribution in [2.45, 2.75) is 19.0 Å². The molecule has 3 heterocycles. The number of imidazole rings is 1. The van der Waals surface area contributed by atoms with Crippen LogP contribution in [0.2, 0.25) is 5.02 Å². The number of phenols is 1. The maximum absolute atomic E-state index is 9.81. The zero-order valence-electron chi connectivity index (χ0n) is 13.0. The molecule has 0 saturated heterocycles. The first-order valence-electron chi connectivity index (χ1n) is 7.83. The molecule has 1 aromatic carbocycles. The average molecular weight is 341 g/mol. The molecule has 1 aliphatic rings. The minimum atomic E-state index is 0.124. The van der Waals surface area contributed by atoms with E-state index in [9.17, 15) is 5.11 Å². The molecular formula is C18H17ClN4O. The van der Waals surface area contributed by atoms with Crippen LogP contribution in [0.4, 0.5) is 0 Å². The number of nitrogens with one attached hydrogen (secondary N) is 1. The molecule has 0 aliphatic carbocycles. The first kappa shape index (κ1) is 15.2. The third-order valence-electron chi connectivity index (χ3n) is 4.35. The van der Waals surface area contributed by atoms with Crippen LogP contribution in [0.25, 0.3) is 0 Å². The Bertz CT molecular complexity index is 846. The van der Waals surface area contributed by atoms with E-state index in [1.54, 1.807) is 18.6 Å². The van der Waals surface area contributed by atoms with Crippen molar-refractivity contribution in [3.8, 4) is 5.75 Å². The maximum Gasteiger partial charge on any atom is 0.115 e. The SMILES string of the molecule is Oc1cccc(C2CN(Cc3ccc(Cl)cn3)Cc3[nH]cnc32)c1. The van der Waals surface area contributed by atoms with E-state index in [-0.39, 0.29) is 11.7 Å². The number of aromatic hydroxyl groups is 1. The van der Waals surface area contributed by atoms with Crippen LogP contribution in [0.1, 0.15) is 28.6 Å². The summed E-state index contributed by atoms with van der Waals surface area (Å²) in [4.78, 5) is 14.5. The molecule has 3 aromatic rings. The molecule has 0 saturated carbocycles. The second-order valence-electron chi connectivity index (χ2n) is 6.05. The van der Waals surface area contributed by atoms with Crippen molar-refractivity contribution in [3.05, 3.63) is 76.6 Å². The quantitative estimate of drug-likeness (QED) is 0.767. The predicted octanol–water partition coefficient (Wildman–Crippen LogP) is 3.31. The monoisotopic (exact) mass is 340 g/mol. The highest BCUT2D eigenvalue weighted by Gasteiger charge is 2.29. The topological polar surface area (TPSA) is 65.0 Å². The van der Waals surface area contributed by atoms with Crippen LogP contribution in [0.3, 0.4) is 0 Å². The van der Waals surface area contributed by atoms with Gasteiger partial charge in [-0.2, -0.15) is 0 Å². The van der Waals surface area contributed by atoms with Crippen LogP contribution in [-0.2, 0) is 13.1 Å². The van der Waals surface area contributed by atoms with Crippen LogP contribution in [0.15, 0.2) is 48.9 Å². The van der Waals surface area contributed by atoms with Gasteiger partial charge in [0.2, 0.25) is 0 Å². The Morgan fingerprint density at radius 1 is 1.25 bits per heavy atom. The number of aromatic nitrogens is 3. The molecule has 5 nitrogen and oxygen atoms in total. The summed E-state index contributed by atoms with van der Waals surface area (Å²) in [6, 6.07) is 11.2. The molecule has 0 fully saturated rings. The third-order valence-corrected chi connectivity index (χ3v) is 4.57. The third kappa shape index (κ3) is 3.00. The number of halogens is 1. The van der Waals surface area contributed by atoms with Gasteiger partial charge in [0.25, 0.3) is 0 Å². The minimum Gasteiger partial charge on any atom is -0.508 e. The first-order valence-corrected chi connectivity index (χ1v) is 8.20. The minimum absolute atomic E-state index is 0.124. The molecule has 1 aliphatic heterocycles. The van der Waals surface area contributed by atoms with Gasteiger partial charge in [0.1, 0.15) is 5.75 Å². The molecule has 122 valence electrons. The fourth-order valence-corrected chi connectivity index (χ4v) is 3.36. The summed E-state index contributed by atoms with van der Waals surface area (Å²) in [7, 11) is 0. The van der Waals surface area contributed by atoms with Crippen molar-refractivity contribution in [2.24, 2.45) is 0 Å². The zero-order valence-corrected chi connectivity index (χ0v) is 13.7. The van der Waals surface area contributed by atoms with E-state index < -0.39 is 0 Å². The number of aromatic amines is 1. The van der Waals surface area contributed by atoms with Gasteiger partial charge in [-0.05, 0) is 29.8 Å². The van der Waals surface area contributed by atoms with E-state index in [2.05, 4.69) is 19.9 Å². The van der Waals surface area contributed by atoms with E-state index >= 15 is 0 Å². The summed E-state index contributed by atoms with van der Waals surface area (Å²) in [6.07, 6.45) is 3.42. The number of hydrogen-bond acceptors (Lipinski definition) is 4. The lowest BCUT2D eigenvalue weighted by atomic mass is 9.90.